The quantitative estimate of drug-likeness (QED) is 0.543. The zero-order chi connectivity index (χ0) is 17.1. The summed E-state index contributed by atoms with van der Waals surface area (Å²) in [5, 5.41) is 6.60. The monoisotopic (exact) mass is 477 g/mol. The van der Waals surface area contributed by atoms with Crippen molar-refractivity contribution in [3.63, 3.8) is 0 Å². The first kappa shape index (κ1) is 19.4. The van der Waals surface area contributed by atoms with Gasteiger partial charge in [-0.1, -0.05) is 78.9 Å². The Labute approximate surface area is 172 Å². The van der Waals surface area contributed by atoms with Crippen LogP contribution in [0.15, 0.2) is 84.2 Å². The molecular weight excluding hydrogens is 456 g/mol. The molecule has 1 aliphatic carbocycles. The third-order valence-corrected chi connectivity index (χ3v) is 7.06. The number of carbonyl (C=O) groups excluding carboxylic acids is 1. The van der Waals surface area contributed by atoms with Crippen LogP contribution in [0.4, 0.5) is 0 Å². The molecule has 0 spiro atoms. The van der Waals surface area contributed by atoms with E-state index in [1.54, 1.807) is 0 Å². The number of rotatable bonds is 4. The minimum absolute atomic E-state index is 0. The number of halogens is 1. The van der Waals surface area contributed by atoms with Crippen LogP contribution in [-0.4, -0.2) is 25.2 Å². The predicted octanol–water partition coefficient (Wildman–Crippen LogP) is 3.32. The van der Waals surface area contributed by atoms with Crippen molar-refractivity contribution < 1.29 is 9.53 Å². The second-order valence-electron chi connectivity index (χ2n) is 6.16. The highest BCUT2D eigenvalue weighted by molar-refractivity contribution is 14.0. The van der Waals surface area contributed by atoms with Crippen LogP contribution in [0.2, 0.25) is 0 Å². The normalized spacial score (nSPS) is 22.2. The number of hydrogen-bond acceptors (Lipinski definition) is 3. The van der Waals surface area contributed by atoms with Gasteiger partial charge in [-0.05, 0) is 18.5 Å². The SMILES string of the molecule is I.O=C1C(P(c2ccccc2)c2ccccc2)=CC=CC1[C@H]1COCN1. The van der Waals surface area contributed by atoms with Gasteiger partial charge in [0.05, 0.1) is 19.3 Å². The lowest BCUT2D eigenvalue weighted by Gasteiger charge is -2.27. The highest BCUT2D eigenvalue weighted by Gasteiger charge is 2.35. The lowest BCUT2D eigenvalue weighted by molar-refractivity contribution is -0.118. The summed E-state index contributed by atoms with van der Waals surface area (Å²) < 4.78 is 5.41. The first-order valence-electron chi connectivity index (χ1n) is 8.48. The van der Waals surface area contributed by atoms with Gasteiger partial charge in [0.1, 0.15) is 0 Å². The van der Waals surface area contributed by atoms with E-state index in [9.17, 15) is 4.79 Å². The fraction of sp³-hybridized carbons (Fsp3) is 0.190. The van der Waals surface area contributed by atoms with Crippen molar-refractivity contribution >= 4 is 48.3 Å². The van der Waals surface area contributed by atoms with Crippen molar-refractivity contribution in [2.45, 2.75) is 6.04 Å². The summed E-state index contributed by atoms with van der Waals surface area (Å²) in [6.45, 7) is 1.11. The molecule has 2 aromatic carbocycles. The molecule has 134 valence electrons. The maximum Gasteiger partial charge on any atom is 0.172 e. The third kappa shape index (κ3) is 3.99. The molecule has 0 radical (unpaired) electrons. The van der Waals surface area contributed by atoms with Gasteiger partial charge in [-0.15, -0.1) is 24.0 Å². The minimum atomic E-state index is -0.858. The predicted molar refractivity (Wildman–Crippen MR) is 118 cm³/mol. The molecule has 0 bridgehead atoms. The number of hydrogen-bond donors (Lipinski definition) is 1. The average Bonchev–Trinajstić information content (AvgIpc) is 3.20. The van der Waals surface area contributed by atoms with Crippen molar-refractivity contribution in [1.29, 1.82) is 0 Å². The Morgan fingerprint density at radius 2 is 1.58 bits per heavy atom. The molecule has 2 aromatic rings. The number of Topliss-reactive ketones (excluding diaryl/α,β-unsaturated/α-hetero) is 1. The molecule has 1 N–H and O–H groups in total. The molecule has 1 heterocycles. The van der Waals surface area contributed by atoms with Crippen LogP contribution in [-0.2, 0) is 9.53 Å². The number of allylic oxidation sites excluding steroid dienone is 3. The fourth-order valence-corrected chi connectivity index (χ4v) is 5.73. The fourth-order valence-electron chi connectivity index (χ4n) is 3.33. The molecule has 26 heavy (non-hydrogen) atoms. The Hall–Kier alpha value is -1.33. The first-order chi connectivity index (χ1) is 12.3. The molecule has 2 aliphatic rings. The summed E-state index contributed by atoms with van der Waals surface area (Å²) in [7, 11) is -0.858. The Kier molecular flexibility index (Phi) is 6.76. The molecule has 1 fully saturated rings. The van der Waals surface area contributed by atoms with Crippen molar-refractivity contribution in [1.82, 2.24) is 5.32 Å². The largest absolute Gasteiger partial charge is 0.365 e. The molecule has 5 heteroatoms. The van der Waals surface area contributed by atoms with E-state index in [0.717, 1.165) is 5.31 Å². The van der Waals surface area contributed by atoms with Gasteiger partial charge in [-0.25, -0.2) is 0 Å². The van der Waals surface area contributed by atoms with Gasteiger partial charge < -0.3 is 4.74 Å². The van der Waals surface area contributed by atoms with E-state index < -0.39 is 7.92 Å². The molecule has 0 saturated carbocycles. The smallest absolute Gasteiger partial charge is 0.172 e. The van der Waals surface area contributed by atoms with Crippen LogP contribution in [0.3, 0.4) is 0 Å². The second-order valence-corrected chi connectivity index (χ2v) is 8.34. The van der Waals surface area contributed by atoms with E-state index in [1.807, 2.05) is 54.6 Å². The van der Waals surface area contributed by atoms with E-state index in [4.69, 9.17) is 4.74 Å². The van der Waals surface area contributed by atoms with E-state index >= 15 is 0 Å². The highest BCUT2D eigenvalue weighted by atomic mass is 127. The molecule has 1 saturated heterocycles. The number of ketones is 1. The third-order valence-electron chi connectivity index (χ3n) is 4.58. The Bertz CT molecular complexity index is 762. The minimum Gasteiger partial charge on any atom is -0.365 e. The van der Waals surface area contributed by atoms with E-state index in [2.05, 4.69) is 29.6 Å². The van der Waals surface area contributed by atoms with E-state index in [-0.39, 0.29) is 41.7 Å². The van der Waals surface area contributed by atoms with Crippen molar-refractivity contribution in [2.24, 2.45) is 5.92 Å². The molecule has 3 nitrogen and oxygen atoms in total. The summed E-state index contributed by atoms with van der Waals surface area (Å²) >= 11 is 0. The van der Waals surface area contributed by atoms with Crippen LogP contribution in [0.1, 0.15) is 0 Å². The second kappa shape index (κ2) is 9.05. The van der Waals surface area contributed by atoms with Crippen LogP contribution in [0.25, 0.3) is 0 Å². The van der Waals surface area contributed by atoms with Crippen LogP contribution in [0, 0.1) is 5.92 Å². The summed E-state index contributed by atoms with van der Waals surface area (Å²) in [5.74, 6) is 0.0595. The van der Waals surface area contributed by atoms with Gasteiger partial charge in [0.15, 0.2) is 5.78 Å². The Morgan fingerprint density at radius 1 is 0.962 bits per heavy atom. The maximum absolute atomic E-state index is 13.3. The lowest BCUT2D eigenvalue weighted by atomic mass is 9.92. The van der Waals surface area contributed by atoms with Crippen LogP contribution >= 0.6 is 31.9 Å². The zero-order valence-corrected chi connectivity index (χ0v) is 17.5. The molecule has 4 rings (SSSR count). The Morgan fingerprint density at radius 3 is 2.12 bits per heavy atom. The lowest BCUT2D eigenvalue weighted by Crippen LogP contribution is -2.38. The number of benzene rings is 2. The van der Waals surface area contributed by atoms with Crippen LogP contribution < -0.4 is 15.9 Å². The van der Waals surface area contributed by atoms with Crippen LogP contribution in [0.5, 0.6) is 0 Å². The summed E-state index contributed by atoms with van der Waals surface area (Å²) in [6.07, 6.45) is 6.03. The number of ether oxygens (including phenoxy) is 1. The summed E-state index contributed by atoms with van der Waals surface area (Å²) in [4.78, 5) is 13.3. The molecule has 0 aromatic heterocycles. The van der Waals surface area contributed by atoms with Crippen molar-refractivity contribution in [3.05, 3.63) is 84.2 Å². The molecule has 1 unspecified atom stereocenters. The van der Waals surface area contributed by atoms with Gasteiger partial charge in [0.25, 0.3) is 0 Å². The Balaban J connectivity index is 0.00000196. The average molecular weight is 477 g/mol. The zero-order valence-electron chi connectivity index (χ0n) is 14.2. The van der Waals surface area contributed by atoms with Gasteiger partial charge in [0.2, 0.25) is 0 Å². The standard InChI is InChI=1S/C21H20NO2P.HI/c23-21-18(19-14-24-15-22-19)12-7-13-20(21)25(16-8-3-1-4-9-16)17-10-5-2-6-11-17;/h1-13,18-19,22H,14-15H2;1H/t18?,19-;/m1./s1. The first-order valence-corrected chi connectivity index (χ1v) is 9.83. The topological polar surface area (TPSA) is 38.3 Å². The summed E-state index contributed by atoms with van der Waals surface area (Å²) in [6, 6.07) is 20.8. The maximum atomic E-state index is 13.3. The highest BCUT2D eigenvalue weighted by Crippen LogP contribution is 2.46. The van der Waals surface area contributed by atoms with E-state index in [0.29, 0.717) is 13.3 Å². The summed E-state index contributed by atoms with van der Waals surface area (Å²) in [5.41, 5.74) is 0. The van der Waals surface area contributed by atoms with Gasteiger partial charge in [-0.2, -0.15) is 0 Å². The van der Waals surface area contributed by atoms with E-state index in [1.165, 1.54) is 10.6 Å². The van der Waals surface area contributed by atoms with Gasteiger partial charge in [-0.3, -0.25) is 10.1 Å². The molecular formula is C21H21INO2P. The van der Waals surface area contributed by atoms with Crippen molar-refractivity contribution in [3.8, 4) is 0 Å². The molecule has 2 atom stereocenters. The molecule has 1 aliphatic heterocycles. The van der Waals surface area contributed by atoms with Gasteiger partial charge in [0, 0.05) is 11.4 Å². The van der Waals surface area contributed by atoms with Gasteiger partial charge >= 0.3 is 0 Å². The molecule has 0 amide bonds. The number of carbonyl (C=O) groups is 1. The number of nitrogens with one attached hydrogen (secondary N) is 1. The van der Waals surface area contributed by atoms with Crippen molar-refractivity contribution in [2.75, 3.05) is 13.3 Å².